The van der Waals surface area contributed by atoms with Gasteiger partial charge in [0.05, 0.1) is 0 Å². The van der Waals surface area contributed by atoms with Gasteiger partial charge in [-0.3, -0.25) is 0 Å². The summed E-state index contributed by atoms with van der Waals surface area (Å²) in [5, 5.41) is 12.9. The van der Waals surface area contributed by atoms with Gasteiger partial charge < -0.3 is 15.2 Å². The van der Waals surface area contributed by atoms with E-state index in [-0.39, 0.29) is 29.6 Å². The monoisotopic (exact) mass is 345 g/mol. The van der Waals surface area contributed by atoms with Gasteiger partial charge >= 0.3 is 6.09 Å². The quantitative estimate of drug-likeness (QED) is 0.865. The Balaban J connectivity index is 1.80. The number of hydrogen-bond donors (Lipinski definition) is 2. The predicted molar refractivity (Wildman–Crippen MR) is 98.3 cm³/mol. The van der Waals surface area contributed by atoms with Gasteiger partial charge in [-0.05, 0) is 70.3 Å². The number of amides is 1. The molecule has 138 valence electrons. The molecule has 2 bridgehead atoms. The van der Waals surface area contributed by atoms with E-state index in [9.17, 15) is 9.90 Å². The molecule has 0 aromatic heterocycles. The van der Waals surface area contributed by atoms with Crippen LogP contribution in [0.1, 0.15) is 58.4 Å². The van der Waals surface area contributed by atoms with E-state index in [1.54, 1.807) is 0 Å². The molecule has 1 atom stereocenters. The lowest BCUT2D eigenvalue weighted by molar-refractivity contribution is -0.151. The minimum atomic E-state index is -0.401. The number of carbonyl (C=O) groups excluding carboxylic acids is 1. The highest BCUT2D eigenvalue weighted by Gasteiger charge is 2.56. The lowest BCUT2D eigenvalue weighted by atomic mass is 9.53. The molecule has 1 amide bonds. The Kier molecular flexibility index (Phi) is 4.84. The Labute approximate surface area is 151 Å². The molecule has 0 heterocycles. The van der Waals surface area contributed by atoms with Gasteiger partial charge in [0, 0.05) is 18.1 Å². The molecule has 3 fully saturated rings. The first-order valence-electron chi connectivity index (χ1n) is 9.42. The first kappa shape index (κ1) is 18.2. The van der Waals surface area contributed by atoms with Crippen molar-refractivity contribution in [1.29, 1.82) is 0 Å². The normalized spacial score (nSPS) is 31.6. The summed E-state index contributed by atoms with van der Waals surface area (Å²) in [5.74, 6) is 0.260. The lowest BCUT2D eigenvalue weighted by Crippen LogP contribution is -2.58. The number of aliphatic hydroxyl groups excluding tert-OH is 1. The van der Waals surface area contributed by atoms with E-state index in [1.807, 2.05) is 26.8 Å². The maximum atomic E-state index is 12.5. The Morgan fingerprint density at radius 3 is 2.40 bits per heavy atom. The van der Waals surface area contributed by atoms with E-state index >= 15 is 0 Å². The predicted octanol–water partition coefficient (Wildman–Crippen LogP) is 4.07. The van der Waals surface area contributed by atoms with Gasteiger partial charge in [-0.25, -0.2) is 4.79 Å². The fourth-order valence-corrected chi connectivity index (χ4v) is 4.61. The molecule has 4 nitrogen and oxygen atoms in total. The van der Waals surface area contributed by atoms with E-state index in [4.69, 9.17) is 4.74 Å². The number of alkyl carbamates (subject to hydrolysis) is 1. The van der Waals surface area contributed by atoms with Crippen LogP contribution in [0.4, 0.5) is 4.79 Å². The van der Waals surface area contributed by atoms with E-state index in [1.165, 1.54) is 5.56 Å². The second kappa shape index (κ2) is 6.64. The van der Waals surface area contributed by atoms with Crippen LogP contribution >= 0.6 is 0 Å². The zero-order valence-corrected chi connectivity index (χ0v) is 15.7. The van der Waals surface area contributed by atoms with Gasteiger partial charge in [0.1, 0.15) is 5.60 Å². The van der Waals surface area contributed by atoms with Crippen LogP contribution in [-0.2, 0) is 11.2 Å². The highest BCUT2D eigenvalue weighted by Crippen LogP contribution is 2.57. The third kappa shape index (κ3) is 4.00. The summed E-state index contributed by atoms with van der Waals surface area (Å²) >= 11 is 0. The molecule has 1 aromatic rings. The van der Waals surface area contributed by atoms with E-state index in [2.05, 4.69) is 29.6 Å². The van der Waals surface area contributed by atoms with Gasteiger partial charge in [-0.1, -0.05) is 30.3 Å². The molecular weight excluding hydrogens is 314 g/mol. The summed E-state index contributed by atoms with van der Waals surface area (Å²) in [5.41, 5.74) is 0.584. The molecule has 3 saturated carbocycles. The third-order valence-corrected chi connectivity index (χ3v) is 6.01. The largest absolute Gasteiger partial charge is 0.443 e. The Bertz CT molecular complexity index is 597. The van der Waals surface area contributed by atoms with E-state index in [0.29, 0.717) is 0 Å². The lowest BCUT2D eigenvalue weighted by Gasteiger charge is -2.56. The minimum Gasteiger partial charge on any atom is -0.443 e. The minimum absolute atomic E-state index is 0.0189. The molecule has 25 heavy (non-hydrogen) atoms. The first-order chi connectivity index (χ1) is 11.8. The number of fused-ring (bicyclic) bond motifs is 3. The smallest absolute Gasteiger partial charge is 0.408 e. The van der Waals surface area contributed by atoms with Crippen molar-refractivity contribution in [2.24, 2.45) is 11.3 Å². The number of carbonyl (C=O) groups is 1. The molecule has 3 aliphatic carbocycles. The standard InChI is InChI=1S/C21H31NO3/c1-19(2,3)22-18(24)25-21-11-9-20(15-23,10-12-21)14-17(21)13-16-7-5-4-6-8-16/h4-8,17,23H,9-15H2,1-3H3,(H,22,24). The fourth-order valence-electron chi connectivity index (χ4n) is 4.61. The maximum absolute atomic E-state index is 12.5. The molecule has 3 aliphatic rings. The van der Waals surface area contributed by atoms with Crippen molar-refractivity contribution < 1.29 is 14.6 Å². The topological polar surface area (TPSA) is 58.6 Å². The van der Waals surface area contributed by atoms with Crippen LogP contribution in [0, 0.1) is 11.3 Å². The molecule has 4 heteroatoms. The van der Waals surface area contributed by atoms with E-state index < -0.39 is 5.60 Å². The zero-order valence-electron chi connectivity index (χ0n) is 15.7. The van der Waals surface area contributed by atoms with Gasteiger partial charge in [0.15, 0.2) is 0 Å². The van der Waals surface area contributed by atoms with Crippen LogP contribution in [0.25, 0.3) is 0 Å². The zero-order chi connectivity index (χ0) is 18.1. The highest BCUT2D eigenvalue weighted by molar-refractivity contribution is 5.68. The van der Waals surface area contributed by atoms with Gasteiger partial charge in [0.2, 0.25) is 0 Å². The Morgan fingerprint density at radius 2 is 1.84 bits per heavy atom. The highest BCUT2D eigenvalue weighted by atomic mass is 16.6. The SMILES string of the molecule is CC(C)(C)NC(=O)OC12CCC(CO)(CC1)CC2Cc1ccccc1. The molecule has 0 radical (unpaired) electrons. The van der Waals surface area contributed by atoms with Crippen LogP contribution in [-0.4, -0.2) is 28.9 Å². The van der Waals surface area contributed by atoms with Crippen LogP contribution in [0.3, 0.4) is 0 Å². The number of benzene rings is 1. The molecule has 0 aliphatic heterocycles. The number of hydrogen-bond acceptors (Lipinski definition) is 3. The molecule has 1 aromatic carbocycles. The summed E-state index contributed by atoms with van der Waals surface area (Å²) in [4.78, 5) is 12.5. The summed E-state index contributed by atoms with van der Waals surface area (Å²) < 4.78 is 6.08. The Hall–Kier alpha value is -1.55. The van der Waals surface area contributed by atoms with Gasteiger partial charge in [-0.15, -0.1) is 0 Å². The molecule has 4 rings (SSSR count). The maximum Gasteiger partial charge on any atom is 0.408 e. The molecule has 2 N–H and O–H groups in total. The van der Waals surface area contributed by atoms with E-state index in [0.717, 1.165) is 38.5 Å². The number of aliphatic hydroxyl groups is 1. The van der Waals surface area contributed by atoms with Crippen molar-refractivity contribution in [3.8, 4) is 0 Å². The summed E-state index contributed by atoms with van der Waals surface area (Å²) in [6, 6.07) is 10.4. The molecule has 0 spiro atoms. The van der Waals surface area contributed by atoms with Crippen molar-refractivity contribution in [2.75, 3.05) is 6.61 Å². The molecule has 0 saturated heterocycles. The summed E-state index contributed by atoms with van der Waals surface area (Å²) in [6.07, 6.45) is 5.09. The summed E-state index contributed by atoms with van der Waals surface area (Å²) in [6.45, 7) is 6.13. The van der Waals surface area contributed by atoms with Gasteiger partial charge in [0.25, 0.3) is 0 Å². The van der Waals surface area contributed by atoms with Crippen LogP contribution < -0.4 is 5.32 Å². The average molecular weight is 345 g/mol. The van der Waals surface area contributed by atoms with Crippen molar-refractivity contribution in [2.45, 2.75) is 70.4 Å². The van der Waals surface area contributed by atoms with Crippen molar-refractivity contribution in [1.82, 2.24) is 5.32 Å². The van der Waals surface area contributed by atoms with Crippen molar-refractivity contribution >= 4 is 6.09 Å². The number of rotatable bonds is 4. The van der Waals surface area contributed by atoms with Crippen LogP contribution in [0.15, 0.2) is 30.3 Å². The second-order valence-electron chi connectivity index (χ2n) is 9.08. The first-order valence-corrected chi connectivity index (χ1v) is 9.42. The van der Waals surface area contributed by atoms with Gasteiger partial charge in [-0.2, -0.15) is 0 Å². The van der Waals surface area contributed by atoms with Crippen LogP contribution in [0.5, 0.6) is 0 Å². The number of ether oxygens (including phenoxy) is 1. The third-order valence-electron chi connectivity index (χ3n) is 6.01. The molecule has 1 unspecified atom stereocenters. The summed E-state index contributed by atoms with van der Waals surface area (Å²) in [7, 11) is 0. The van der Waals surface area contributed by atoms with Crippen molar-refractivity contribution in [3.63, 3.8) is 0 Å². The second-order valence-corrected chi connectivity index (χ2v) is 9.08. The average Bonchev–Trinajstić information content (AvgIpc) is 2.55. The Morgan fingerprint density at radius 1 is 1.20 bits per heavy atom. The molecular formula is C21H31NO3. The number of nitrogens with one attached hydrogen (secondary N) is 1. The fraction of sp³-hybridized carbons (Fsp3) is 0.667. The van der Waals surface area contributed by atoms with Crippen LogP contribution in [0.2, 0.25) is 0 Å². The van der Waals surface area contributed by atoms with Crippen molar-refractivity contribution in [3.05, 3.63) is 35.9 Å².